The first-order valence-electron chi connectivity index (χ1n) is 6.56. The zero-order valence-electron chi connectivity index (χ0n) is 11.9. The Bertz CT molecular complexity index is 556. The van der Waals surface area contributed by atoms with E-state index < -0.39 is 17.4 Å². The summed E-state index contributed by atoms with van der Waals surface area (Å²) in [5.41, 5.74) is -0.477. The number of urea groups is 1. The molecule has 0 spiro atoms. The molecule has 0 aromatic heterocycles. The fraction of sp³-hybridized carbons (Fsp3) is 0.429. The van der Waals surface area contributed by atoms with Gasteiger partial charge >= 0.3 is 12.0 Å². The fourth-order valence-electron chi connectivity index (χ4n) is 1.67. The highest BCUT2D eigenvalue weighted by Gasteiger charge is 2.27. The molecule has 1 aromatic rings. The van der Waals surface area contributed by atoms with E-state index in [1.807, 2.05) is 0 Å². The Kier molecular flexibility index (Phi) is 4.21. The SMILES string of the molecule is CC(C)(CNC(=O)Nc1ccc2c(c1)OCCO2)C(=O)O. The topological polar surface area (TPSA) is 96.9 Å². The number of rotatable bonds is 4. The van der Waals surface area contributed by atoms with Crippen molar-refractivity contribution < 1.29 is 24.2 Å². The van der Waals surface area contributed by atoms with Gasteiger partial charge in [0.1, 0.15) is 13.2 Å². The lowest BCUT2D eigenvalue weighted by Gasteiger charge is -2.20. The number of benzene rings is 1. The van der Waals surface area contributed by atoms with E-state index in [0.717, 1.165) is 0 Å². The van der Waals surface area contributed by atoms with Crippen LogP contribution < -0.4 is 20.1 Å². The van der Waals surface area contributed by atoms with E-state index >= 15 is 0 Å². The molecule has 0 radical (unpaired) electrons. The van der Waals surface area contributed by atoms with Crippen LogP contribution in [0, 0.1) is 5.41 Å². The van der Waals surface area contributed by atoms with Crippen molar-refractivity contribution in [2.24, 2.45) is 5.41 Å². The monoisotopic (exact) mass is 294 g/mol. The largest absolute Gasteiger partial charge is 0.486 e. The summed E-state index contributed by atoms with van der Waals surface area (Å²) < 4.78 is 10.8. The van der Waals surface area contributed by atoms with Crippen molar-refractivity contribution in [2.75, 3.05) is 25.1 Å². The first-order valence-corrected chi connectivity index (χ1v) is 6.56. The van der Waals surface area contributed by atoms with E-state index in [1.54, 1.807) is 32.0 Å². The third kappa shape index (κ3) is 3.77. The second kappa shape index (κ2) is 5.90. The predicted octanol–water partition coefficient (Wildman–Crippen LogP) is 1.69. The van der Waals surface area contributed by atoms with Crippen molar-refractivity contribution in [1.82, 2.24) is 5.32 Å². The summed E-state index contributed by atoms with van der Waals surface area (Å²) in [6.45, 7) is 4.08. The molecule has 0 atom stereocenters. The minimum Gasteiger partial charge on any atom is -0.486 e. The second-order valence-electron chi connectivity index (χ2n) is 5.36. The van der Waals surface area contributed by atoms with Gasteiger partial charge in [0.2, 0.25) is 0 Å². The zero-order valence-corrected chi connectivity index (χ0v) is 11.9. The van der Waals surface area contributed by atoms with Crippen LogP contribution in [0.15, 0.2) is 18.2 Å². The normalized spacial score (nSPS) is 13.4. The standard InChI is InChI=1S/C14H18N2O5/c1-14(2,12(17)18)8-15-13(19)16-9-3-4-10-11(7-9)21-6-5-20-10/h3-4,7H,5-6,8H2,1-2H3,(H,17,18)(H2,15,16,19). The maximum absolute atomic E-state index is 11.8. The summed E-state index contributed by atoms with van der Waals surface area (Å²) in [6, 6.07) is 4.60. The lowest BCUT2D eigenvalue weighted by molar-refractivity contribution is -0.146. The molecule has 1 aromatic carbocycles. The summed E-state index contributed by atoms with van der Waals surface area (Å²) in [6.07, 6.45) is 0. The Morgan fingerprint density at radius 1 is 1.24 bits per heavy atom. The number of aliphatic carboxylic acids is 1. The van der Waals surface area contributed by atoms with Crippen molar-refractivity contribution in [3.8, 4) is 11.5 Å². The third-order valence-corrected chi connectivity index (χ3v) is 3.07. The Morgan fingerprint density at radius 2 is 1.90 bits per heavy atom. The first-order chi connectivity index (χ1) is 9.88. The summed E-state index contributed by atoms with van der Waals surface area (Å²) in [5, 5.41) is 14.1. The van der Waals surface area contributed by atoms with Gasteiger partial charge in [0, 0.05) is 18.3 Å². The molecule has 7 nitrogen and oxygen atoms in total. The molecule has 21 heavy (non-hydrogen) atoms. The van der Waals surface area contributed by atoms with Crippen LogP contribution in [0.4, 0.5) is 10.5 Å². The minimum absolute atomic E-state index is 0.0265. The summed E-state index contributed by atoms with van der Waals surface area (Å²) >= 11 is 0. The highest BCUT2D eigenvalue weighted by Crippen LogP contribution is 2.32. The van der Waals surface area contributed by atoms with Crippen LogP contribution in [-0.4, -0.2) is 36.9 Å². The van der Waals surface area contributed by atoms with Crippen LogP contribution in [0.25, 0.3) is 0 Å². The van der Waals surface area contributed by atoms with Gasteiger partial charge in [-0.1, -0.05) is 0 Å². The van der Waals surface area contributed by atoms with E-state index in [-0.39, 0.29) is 6.54 Å². The van der Waals surface area contributed by atoms with Crippen LogP contribution in [0.3, 0.4) is 0 Å². The number of nitrogens with one attached hydrogen (secondary N) is 2. The van der Waals surface area contributed by atoms with Gasteiger partial charge in [0.05, 0.1) is 5.41 Å². The molecule has 7 heteroatoms. The van der Waals surface area contributed by atoms with Gasteiger partial charge in [-0.3, -0.25) is 4.79 Å². The lowest BCUT2D eigenvalue weighted by atomic mass is 9.94. The van der Waals surface area contributed by atoms with Crippen LogP contribution in [-0.2, 0) is 4.79 Å². The molecule has 0 fully saturated rings. The predicted molar refractivity (Wildman–Crippen MR) is 75.9 cm³/mol. The number of carbonyl (C=O) groups excluding carboxylic acids is 1. The first kappa shape index (κ1) is 15.0. The third-order valence-electron chi connectivity index (χ3n) is 3.07. The number of hydrogen-bond donors (Lipinski definition) is 3. The molecule has 3 N–H and O–H groups in total. The number of anilines is 1. The average molecular weight is 294 g/mol. The molecule has 1 aliphatic rings. The van der Waals surface area contributed by atoms with E-state index in [4.69, 9.17) is 14.6 Å². The van der Waals surface area contributed by atoms with Crippen molar-refractivity contribution in [3.63, 3.8) is 0 Å². The van der Waals surface area contributed by atoms with Crippen molar-refractivity contribution in [3.05, 3.63) is 18.2 Å². The molecule has 0 unspecified atom stereocenters. The van der Waals surface area contributed by atoms with Crippen molar-refractivity contribution in [2.45, 2.75) is 13.8 Å². The Balaban J connectivity index is 1.92. The molecule has 114 valence electrons. The van der Waals surface area contributed by atoms with Crippen LogP contribution in [0.2, 0.25) is 0 Å². The number of carboxylic acid groups (broad SMARTS) is 1. The maximum Gasteiger partial charge on any atom is 0.319 e. The summed E-state index contributed by atoms with van der Waals surface area (Å²) in [4.78, 5) is 22.7. The number of amides is 2. The van der Waals surface area contributed by atoms with Gasteiger partial charge in [-0.15, -0.1) is 0 Å². The minimum atomic E-state index is -1.02. The number of hydrogen-bond acceptors (Lipinski definition) is 4. The fourth-order valence-corrected chi connectivity index (χ4v) is 1.67. The Morgan fingerprint density at radius 3 is 2.57 bits per heavy atom. The molecular weight excluding hydrogens is 276 g/mol. The lowest BCUT2D eigenvalue weighted by Crippen LogP contribution is -2.40. The second-order valence-corrected chi connectivity index (χ2v) is 5.36. The smallest absolute Gasteiger partial charge is 0.319 e. The van der Waals surface area contributed by atoms with E-state index in [0.29, 0.717) is 30.4 Å². The van der Waals surface area contributed by atoms with Crippen LogP contribution in [0.1, 0.15) is 13.8 Å². The molecule has 2 rings (SSSR count). The van der Waals surface area contributed by atoms with Crippen LogP contribution in [0.5, 0.6) is 11.5 Å². The van der Waals surface area contributed by atoms with Gasteiger partial charge in [-0.2, -0.15) is 0 Å². The number of carboxylic acids is 1. The molecular formula is C14H18N2O5. The molecule has 0 saturated heterocycles. The number of carbonyl (C=O) groups is 2. The number of fused-ring (bicyclic) bond motifs is 1. The molecule has 0 aliphatic carbocycles. The average Bonchev–Trinajstić information content (AvgIpc) is 2.45. The van der Waals surface area contributed by atoms with Gasteiger partial charge in [0.25, 0.3) is 0 Å². The van der Waals surface area contributed by atoms with E-state index in [2.05, 4.69) is 10.6 Å². The van der Waals surface area contributed by atoms with E-state index in [1.165, 1.54) is 0 Å². The molecule has 0 saturated carbocycles. The van der Waals surface area contributed by atoms with Gasteiger partial charge in [-0.25, -0.2) is 4.79 Å². The Labute approximate surface area is 122 Å². The maximum atomic E-state index is 11.8. The Hall–Kier alpha value is -2.44. The quantitative estimate of drug-likeness (QED) is 0.785. The molecule has 1 aliphatic heterocycles. The molecule has 1 heterocycles. The molecule has 0 bridgehead atoms. The highest BCUT2D eigenvalue weighted by atomic mass is 16.6. The van der Waals surface area contributed by atoms with Crippen LogP contribution >= 0.6 is 0 Å². The van der Waals surface area contributed by atoms with Crippen molar-refractivity contribution in [1.29, 1.82) is 0 Å². The summed E-state index contributed by atoms with van der Waals surface area (Å²) in [5.74, 6) is 0.242. The van der Waals surface area contributed by atoms with Gasteiger partial charge in [0.15, 0.2) is 11.5 Å². The van der Waals surface area contributed by atoms with E-state index in [9.17, 15) is 9.59 Å². The van der Waals surface area contributed by atoms with Crippen molar-refractivity contribution >= 4 is 17.7 Å². The summed E-state index contributed by atoms with van der Waals surface area (Å²) in [7, 11) is 0. The van der Waals surface area contributed by atoms with Gasteiger partial charge < -0.3 is 25.2 Å². The highest BCUT2D eigenvalue weighted by molar-refractivity contribution is 5.90. The molecule has 2 amide bonds. The number of ether oxygens (including phenoxy) is 2. The van der Waals surface area contributed by atoms with Gasteiger partial charge in [-0.05, 0) is 26.0 Å². The zero-order chi connectivity index (χ0) is 15.5.